The van der Waals surface area contributed by atoms with Crippen molar-refractivity contribution in [1.29, 1.82) is 0 Å². The van der Waals surface area contributed by atoms with Crippen LogP contribution in [0.3, 0.4) is 0 Å². The molecule has 0 saturated heterocycles. The fraction of sp³-hybridized carbons (Fsp3) is 0.500. The Bertz CT molecular complexity index is 575. The third-order valence-corrected chi connectivity index (χ3v) is 3.87. The molecular formula is C14H21N3S. The number of rotatable bonds is 4. The molecule has 0 fully saturated rings. The highest BCUT2D eigenvalue weighted by Crippen LogP contribution is 2.22. The maximum atomic E-state index is 4.60. The standard InChI is InChI=1S/C14H21N3S/c1-9(2)15-7-10(3)6-13-12(5)16-14-17(13)11(4)8-18-14/h6,8-9,15H,7H2,1-5H3. The molecule has 2 heterocycles. The van der Waals surface area contributed by atoms with Crippen LogP contribution in [0.25, 0.3) is 11.0 Å². The van der Waals surface area contributed by atoms with Gasteiger partial charge in [0.1, 0.15) is 0 Å². The molecular weight excluding hydrogens is 242 g/mol. The third-order valence-electron chi connectivity index (χ3n) is 2.93. The first kappa shape index (κ1) is 13.3. The molecule has 4 heteroatoms. The van der Waals surface area contributed by atoms with Crippen LogP contribution >= 0.6 is 11.3 Å². The highest BCUT2D eigenvalue weighted by atomic mass is 32.1. The first-order valence-corrected chi connectivity index (χ1v) is 7.20. The minimum atomic E-state index is 0.516. The highest BCUT2D eigenvalue weighted by molar-refractivity contribution is 7.15. The number of aryl methyl sites for hydroxylation is 2. The average molecular weight is 263 g/mol. The molecule has 0 aliphatic heterocycles. The highest BCUT2D eigenvalue weighted by Gasteiger charge is 2.10. The molecule has 18 heavy (non-hydrogen) atoms. The van der Waals surface area contributed by atoms with E-state index in [1.54, 1.807) is 11.3 Å². The molecule has 2 rings (SSSR count). The lowest BCUT2D eigenvalue weighted by atomic mass is 10.2. The predicted octanol–water partition coefficient (Wildman–Crippen LogP) is 3.41. The molecule has 2 aromatic rings. The van der Waals surface area contributed by atoms with Crippen LogP contribution in [0.4, 0.5) is 0 Å². The quantitative estimate of drug-likeness (QED) is 0.916. The zero-order valence-corrected chi connectivity index (χ0v) is 12.6. The van der Waals surface area contributed by atoms with Crippen LogP contribution in [0.15, 0.2) is 11.0 Å². The lowest BCUT2D eigenvalue weighted by molar-refractivity contribution is 0.622. The molecule has 0 aliphatic carbocycles. The van der Waals surface area contributed by atoms with Gasteiger partial charge in [0.2, 0.25) is 0 Å². The van der Waals surface area contributed by atoms with Crippen LogP contribution in [0.1, 0.15) is 37.9 Å². The Labute approximate surface area is 113 Å². The van der Waals surface area contributed by atoms with Crippen LogP contribution in [0.5, 0.6) is 0 Å². The van der Waals surface area contributed by atoms with Crippen molar-refractivity contribution in [2.75, 3.05) is 6.54 Å². The zero-order chi connectivity index (χ0) is 13.3. The number of nitrogens with zero attached hydrogens (tertiary/aromatic N) is 2. The van der Waals surface area contributed by atoms with Crippen LogP contribution in [0.2, 0.25) is 0 Å². The van der Waals surface area contributed by atoms with Crippen molar-refractivity contribution in [1.82, 2.24) is 14.7 Å². The van der Waals surface area contributed by atoms with Gasteiger partial charge in [-0.05, 0) is 26.8 Å². The summed E-state index contributed by atoms with van der Waals surface area (Å²) >= 11 is 1.70. The largest absolute Gasteiger partial charge is 0.311 e. The summed E-state index contributed by atoms with van der Waals surface area (Å²) in [7, 11) is 0. The number of thiazole rings is 1. The molecule has 0 spiro atoms. The summed E-state index contributed by atoms with van der Waals surface area (Å²) in [6.45, 7) is 11.6. The van der Waals surface area contributed by atoms with E-state index >= 15 is 0 Å². The van der Waals surface area contributed by atoms with E-state index in [-0.39, 0.29) is 0 Å². The summed E-state index contributed by atoms with van der Waals surface area (Å²) in [5.74, 6) is 0. The smallest absolute Gasteiger partial charge is 0.194 e. The van der Waals surface area contributed by atoms with Crippen molar-refractivity contribution in [2.24, 2.45) is 0 Å². The third kappa shape index (κ3) is 2.65. The van der Waals surface area contributed by atoms with Crippen LogP contribution < -0.4 is 5.32 Å². The summed E-state index contributed by atoms with van der Waals surface area (Å²) in [6.07, 6.45) is 2.24. The molecule has 0 aliphatic rings. The second kappa shape index (κ2) is 5.24. The summed E-state index contributed by atoms with van der Waals surface area (Å²) in [6, 6.07) is 0.516. The fourth-order valence-electron chi connectivity index (χ4n) is 1.94. The summed E-state index contributed by atoms with van der Waals surface area (Å²) < 4.78 is 2.23. The Balaban J connectivity index is 2.32. The Morgan fingerprint density at radius 1 is 1.50 bits per heavy atom. The molecule has 0 amide bonds. The van der Waals surface area contributed by atoms with Crippen molar-refractivity contribution in [3.05, 3.63) is 28.0 Å². The normalized spacial score (nSPS) is 12.9. The van der Waals surface area contributed by atoms with Gasteiger partial charge in [0.25, 0.3) is 0 Å². The van der Waals surface area contributed by atoms with E-state index < -0.39 is 0 Å². The minimum absolute atomic E-state index is 0.516. The van der Waals surface area contributed by atoms with Gasteiger partial charge in [-0.15, -0.1) is 11.3 Å². The topological polar surface area (TPSA) is 29.3 Å². The molecule has 98 valence electrons. The van der Waals surface area contributed by atoms with Crippen molar-refractivity contribution in [2.45, 2.75) is 40.7 Å². The Hall–Kier alpha value is -1.13. The molecule has 1 N–H and O–H groups in total. The van der Waals surface area contributed by atoms with E-state index in [1.165, 1.54) is 17.0 Å². The van der Waals surface area contributed by atoms with Gasteiger partial charge in [-0.25, -0.2) is 4.98 Å². The summed E-state index contributed by atoms with van der Waals surface area (Å²) in [5, 5.41) is 5.59. The fourth-order valence-corrected chi connectivity index (χ4v) is 2.86. The summed E-state index contributed by atoms with van der Waals surface area (Å²) in [5.41, 5.74) is 4.91. The molecule has 3 nitrogen and oxygen atoms in total. The molecule has 0 bridgehead atoms. The Morgan fingerprint density at radius 2 is 2.22 bits per heavy atom. The van der Waals surface area contributed by atoms with E-state index in [0.29, 0.717) is 6.04 Å². The van der Waals surface area contributed by atoms with E-state index in [9.17, 15) is 0 Å². The molecule has 2 aromatic heterocycles. The number of imidazole rings is 1. The molecule has 0 unspecified atom stereocenters. The monoisotopic (exact) mass is 263 g/mol. The molecule has 0 radical (unpaired) electrons. The summed E-state index contributed by atoms with van der Waals surface area (Å²) in [4.78, 5) is 5.68. The SMILES string of the molecule is CC(=Cc1c(C)nc2scc(C)n12)CNC(C)C. The van der Waals surface area contributed by atoms with Gasteiger partial charge < -0.3 is 5.32 Å². The second-order valence-electron chi connectivity index (χ2n) is 5.10. The number of hydrogen-bond donors (Lipinski definition) is 1. The number of nitrogens with one attached hydrogen (secondary N) is 1. The number of fused-ring (bicyclic) bond motifs is 1. The van der Waals surface area contributed by atoms with E-state index in [1.807, 2.05) is 0 Å². The van der Waals surface area contributed by atoms with Gasteiger partial charge >= 0.3 is 0 Å². The van der Waals surface area contributed by atoms with E-state index in [0.717, 1.165) is 17.2 Å². The van der Waals surface area contributed by atoms with E-state index in [2.05, 4.69) is 60.8 Å². The van der Waals surface area contributed by atoms with Crippen LogP contribution in [-0.2, 0) is 0 Å². The average Bonchev–Trinajstić information content (AvgIpc) is 2.78. The van der Waals surface area contributed by atoms with E-state index in [4.69, 9.17) is 0 Å². The van der Waals surface area contributed by atoms with Crippen molar-refractivity contribution >= 4 is 22.4 Å². The number of aromatic nitrogens is 2. The maximum absolute atomic E-state index is 4.60. The van der Waals surface area contributed by atoms with Gasteiger partial charge in [0.15, 0.2) is 4.96 Å². The van der Waals surface area contributed by atoms with Gasteiger partial charge in [-0.3, -0.25) is 4.40 Å². The first-order chi connectivity index (χ1) is 8.49. The molecule has 0 atom stereocenters. The van der Waals surface area contributed by atoms with Gasteiger partial charge in [-0.1, -0.05) is 19.4 Å². The van der Waals surface area contributed by atoms with Gasteiger partial charge in [0, 0.05) is 23.7 Å². The second-order valence-corrected chi connectivity index (χ2v) is 5.94. The lowest BCUT2D eigenvalue weighted by Crippen LogP contribution is -2.24. The lowest BCUT2D eigenvalue weighted by Gasteiger charge is -2.08. The van der Waals surface area contributed by atoms with Crippen LogP contribution in [-0.4, -0.2) is 22.0 Å². The first-order valence-electron chi connectivity index (χ1n) is 6.32. The maximum Gasteiger partial charge on any atom is 0.194 e. The van der Waals surface area contributed by atoms with Crippen molar-refractivity contribution in [3.63, 3.8) is 0 Å². The number of hydrogen-bond acceptors (Lipinski definition) is 3. The van der Waals surface area contributed by atoms with Gasteiger partial charge in [-0.2, -0.15) is 0 Å². The van der Waals surface area contributed by atoms with Crippen molar-refractivity contribution < 1.29 is 0 Å². The molecule has 0 aromatic carbocycles. The predicted molar refractivity (Wildman–Crippen MR) is 79.3 cm³/mol. The van der Waals surface area contributed by atoms with Crippen molar-refractivity contribution in [3.8, 4) is 0 Å². The Morgan fingerprint density at radius 3 is 2.89 bits per heavy atom. The minimum Gasteiger partial charge on any atom is -0.311 e. The van der Waals surface area contributed by atoms with Gasteiger partial charge in [0.05, 0.1) is 11.4 Å². The Kier molecular flexibility index (Phi) is 3.88. The molecule has 0 saturated carbocycles. The zero-order valence-electron chi connectivity index (χ0n) is 11.7. The van der Waals surface area contributed by atoms with Crippen LogP contribution in [0, 0.1) is 13.8 Å².